The van der Waals surface area contributed by atoms with E-state index in [1.807, 2.05) is 0 Å². The minimum absolute atomic E-state index is 0.0352. The molecule has 0 amide bonds. The fraction of sp³-hybridized carbons (Fsp3) is 0.300. The number of sulfonamides is 1. The second-order valence-electron chi connectivity index (χ2n) is 3.68. The molecule has 4 N–H and O–H groups in total. The normalized spacial score (nSPS) is 14.4. The van der Waals surface area contributed by atoms with Crippen LogP contribution < -0.4 is 10.5 Å². The number of halogens is 2. The van der Waals surface area contributed by atoms with Crippen molar-refractivity contribution in [1.29, 1.82) is 0 Å². The van der Waals surface area contributed by atoms with E-state index in [0.717, 1.165) is 0 Å². The lowest BCUT2D eigenvalue weighted by Gasteiger charge is -2.15. The Bertz CT molecular complexity index is 592. The number of rotatable bonds is 5. The number of nitrogens with one attached hydrogen (secondary N) is 1. The Kier molecular flexibility index (Phi) is 5.60. The van der Waals surface area contributed by atoms with Gasteiger partial charge in [-0.3, -0.25) is 0 Å². The Hall–Kier alpha value is -0.830. The molecule has 0 radical (unpaired) electrons. The molecule has 0 saturated heterocycles. The van der Waals surface area contributed by atoms with E-state index < -0.39 is 16.1 Å². The fourth-order valence-corrected chi connectivity index (χ4v) is 3.29. The first-order valence-corrected chi connectivity index (χ1v) is 7.92. The van der Waals surface area contributed by atoms with Crippen LogP contribution in [-0.4, -0.2) is 25.5 Å². The van der Waals surface area contributed by atoms with E-state index in [2.05, 4.69) is 25.8 Å². The van der Waals surface area contributed by atoms with Crippen LogP contribution in [0.25, 0.3) is 0 Å². The molecule has 9 heteroatoms. The highest BCUT2D eigenvalue weighted by Gasteiger charge is 2.22. The van der Waals surface area contributed by atoms with Crippen LogP contribution in [-0.2, 0) is 10.0 Å². The lowest BCUT2D eigenvalue weighted by molar-refractivity contribution is 0.315. The molecule has 0 aliphatic carbocycles. The van der Waals surface area contributed by atoms with Gasteiger partial charge in [-0.05, 0) is 40.5 Å². The molecule has 19 heavy (non-hydrogen) atoms. The molecule has 0 aromatic heterocycles. The number of nitrogens with two attached hydrogens (primary N) is 1. The van der Waals surface area contributed by atoms with Gasteiger partial charge in [-0.2, -0.15) is 0 Å². The van der Waals surface area contributed by atoms with Crippen molar-refractivity contribution in [2.75, 3.05) is 0 Å². The maximum atomic E-state index is 12.1. The fourth-order valence-electron chi connectivity index (χ4n) is 1.32. The first kappa shape index (κ1) is 16.2. The van der Waals surface area contributed by atoms with Gasteiger partial charge in [0, 0.05) is 4.47 Å². The second-order valence-corrected chi connectivity index (χ2v) is 6.66. The summed E-state index contributed by atoms with van der Waals surface area (Å²) in [5.41, 5.74) is 5.41. The molecular weight excluding hydrogens is 358 g/mol. The Morgan fingerprint density at radius 3 is 2.74 bits per heavy atom. The highest BCUT2D eigenvalue weighted by atomic mass is 79.9. The van der Waals surface area contributed by atoms with Gasteiger partial charge in [0.05, 0.1) is 16.0 Å². The summed E-state index contributed by atoms with van der Waals surface area (Å²) in [6.45, 7) is 1.71. The van der Waals surface area contributed by atoms with Crippen molar-refractivity contribution in [1.82, 2.24) is 4.72 Å². The summed E-state index contributed by atoms with van der Waals surface area (Å²) in [4.78, 5) is 0.0352. The van der Waals surface area contributed by atoms with Crippen LogP contribution in [0.4, 0.5) is 0 Å². The average molecular weight is 371 g/mol. The van der Waals surface area contributed by atoms with Crippen molar-refractivity contribution in [2.45, 2.75) is 24.3 Å². The topological polar surface area (TPSA) is 105 Å². The van der Waals surface area contributed by atoms with Crippen LogP contribution in [0.15, 0.2) is 32.7 Å². The molecule has 1 rings (SSSR count). The molecule has 0 bridgehead atoms. The Balaban J connectivity index is 3.07. The summed E-state index contributed by atoms with van der Waals surface area (Å²) in [7, 11) is -3.78. The maximum absolute atomic E-state index is 12.1. The third-order valence-corrected chi connectivity index (χ3v) is 5.06. The quantitative estimate of drug-likeness (QED) is 0.319. The molecule has 6 nitrogen and oxygen atoms in total. The smallest absolute Gasteiger partial charge is 0.241 e. The van der Waals surface area contributed by atoms with E-state index in [1.54, 1.807) is 6.92 Å². The summed E-state index contributed by atoms with van der Waals surface area (Å²) in [5, 5.41) is 11.8. The summed E-state index contributed by atoms with van der Waals surface area (Å²) < 4.78 is 27.1. The summed E-state index contributed by atoms with van der Waals surface area (Å²) in [6, 6.07) is 3.44. The highest BCUT2D eigenvalue weighted by Crippen LogP contribution is 2.25. The van der Waals surface area contributed by atoms with E-state index in [-0.39, 0.29) is 10.7 Å². The van der Waals surface area contributed by atoms with Crippen LogP contribution in [0, 0.1) is 0 Å². The molecule has 1 aromatic rings. The van der Waals surface area contributed by atoms with Crippen molar-refractivity contribution in [3.63, 3.8) is 0 Å². The predicted molar refractivity (Wildman–Crippen MR) is 77.0 cm³/mol. The van der Waals surface area contributed by atoms with Gasteiger partial charge in [-0.25, -0.2) is 13.1 Å². The standard InChI is InChI=1S/C10H13BrClN3O3S/c1-2-9(10(13)14-16)15-19(17,18)6-3-4-8(12)7(11)5-6/h3-5,9,15-16H,2H2,1H3,(H2,13,14). The molecule has 0 spiro atoms. The van der Waals surface area contributed by atoms with E-state index in [4.69, 9.17) is 22.5 Å². The first-order chi connectivity index (χ1) is 8.81. The van der Waals surface area contributed by atoms with E-state index in [0.29, 0.717) is 15.9 Å². The molecule has 1 unspecified atom stereocenters. The maximum Gasteiger partial charge on any atom is 0.241 e. The van der Waals surface area contributed by atoms with Gasteiger partial charge in [0.1, 0.15) is 0 Å². The van der Waals surface area contributed by atoms with Crippen molar-refractivity contribution >= 4 is 43.4 Å². The Morgan fingerprint density at radius 1 is 1.63 bits per heavy atom. The first-order valence-electron chi connectivity index (χ1n) is 5.26. The summed E-state index contributed by atoms with van der Waals surface area (Å²) in [5.74, 6) is -0.195. The third-order valence-electron chi connectivity index (χ3n) is 2.38. The van der Waals surface area contributed by atoms with Gasteiger partial charge >= 0.3 is 0 Å². The van der Waals surface area contributed by atoms with Crippen LogP contribution in [0.3, 0.4) is 0 Å². The van der Waals surface area contributed by atoms with Gasteiger partial charge in [0.25, 0.3) is 0 Å². The summed E-state index contributed by atoms with van der Waals surface area (Å²) in [6.07, 6.45) is 0.351. The third kappa shape index (κ3) is 4.07. The van der Waals surface area contributed by atoms with Crippen molar-refractivity contribution in [3.8, 4) is 0 Å². The van der Waals surface area contributed by atoms with Crippen LogP contribution in [0.2, 0.25) is 5.02 Å². The van der Waals surface area contributed by atoms with E-state index in [1.165, 1.54) is 18.2 Å². The average Bonchev–Trinajstić information content (AvgIpc) is 2.38. The number of amidine groups is 1. The van der Waals surface area contributed by atoms with Crippen LogP contribution >= 0.6 is 27.5 Å². The van der Waals surface area contributed by atoms with E-state index in [9.17, 15) is 8.42 Å². The lowest BCUT2D eigenvalue weighted by atomic mass is 10.2. The molecule has 0 saturated carbocycles. The van der Waals surface area contributed by atoms with Gasteiger partial charge in [0.15, 0.2) is 5.84 Å². The number of hydrogen-bond acceptors (Lipinski definition) is 4. The number of hydrogen-bond donors (Lipinski definition) is 3. The Labute approximate surface area is 124 Å². The van der Waals surface area contributed by atoms with Crippen LogP contribution in [0.1, 0.15) is 13.3 Å². The monoisotopic (exact) mass is 369 g/mol. The molecule has 1 atom stereocenters. The van der Waals surface area contributed by atoms with Gasteiger partial charge < -0.3 is 10.9 Å². The molecule has 0 aliphatic heterocycles. The van der Waals surface area contributed by atoms with Gasteiger partial charge in [-0.1, -0.05) is 23.7 Å². The highest BCUT2D eigenvalue weighted by molar-refractivity contribution is 9.10. The SMILES string of the molecule is CCC(NS(=O)(=O)c1ccc(Cl)c(Br)c1)/C(N)=N/O. The van der Waals surface area contributed by atoms with Crippen molar-refractivity contribution in [2.24, 2.45) is 10.9 Å². The van der Waals surface area contributed by atoms with Gasteiger partial charge in [-0.15, -0.1) is 0 Å². The van der Waals surface area contributed by atoms with Crippen molar-refractivity contribution < 1.29 is 13.6 Å². The van der Waals surface area contributed by atoms with Crippen LogP contribution in [0.5, 0.6) is 0 Å². The molecular formula is C10H13BrClN3O3S. The number of nitrogens with zero attached hydrogens (tertiary/aromatic N) is 1. The molecule has 106 valence electrons. The molecule has 0 aliphatic rings. The summed E-state index contributed by atoms with van der Waals surface area (Å²) >= 11 is 8.95. The zero-order valence-electron chi connectivity index (χ0n) is 9.97. The van der Waals surface area contributed by atoms with Gasteiger partial charge in [0.2, 0.25) is 10.0 Å². The zero-order valence-corrected chi connectivity index (χ0v) is 13.1. The zero-order chi connectivity index (χ0) is 14.6. The molecule has 0 fully saturated rings. The second kappa shape index (κ2) is 6.56. The lowest BCUT2D eigenvalue weighted by Crippen LogP contribution is -2.44. The molecule has 1 aromatic carbocycles. The predicted octanol–water partition coefficient (Wildman–Crippen LogP) is 1.91. The number of oxime groups is 1. The van der Waals surface area contributed by atoms with Crippen molar-refractivity contribution in [3.05, 3.63) is 27.7 Å². The molecule has 0 heterocycles. The largest absolute Gasteiger partial charge is 0.409 e. The minimum Gasteiger partial charge on any atom is -0.409 e. The van der Waals surface area contributed by atoms with E-state index >= 15 is 0 Å². The Morgan fingerprint density at radius 2 is 2.26 bits per heavy atom. The minimum atomic E-state index is -3.78. The number of benzene rings is 1.